The summed E-state index contributed by atoms with van der Waals surface area (Å²) in [7, 11) is 1.61. The van der Waals surface area contributed by atoms with Crippen LogP contribution in [-0.2, 0) is 10.2 Å². The number of nitrogens with zero attached hydrogens (tertiary/aromatic N) is 1. The maximum atomic E-state index is 13.4. The Morgan fingerprint density at radius 3 is 2.39 bits per heavy atom. The molecule has 0 aliphatic carbocycles. The highest BCUT2D eigenvalue weighted by Crippen LogP contribution is 2.41. The van der Waals surface area contributed by atoms with Gasteiger partial charge in [-0.1, -0.05) is 6.92 Å². The summed E-state index contributed by atoms with van der Waals surface area (Å²) in [6, 6.07) is 5.29. The first-order valence-electron chi connectivity index (χ1n) is 7.18. The summed E-state index contributed by atoms with van der Waals surface area (Å²) in [4.78, 5) is 14.4. The standard InChI is InChI=1S/C17H16F2N2OS/c1-17(7-15(20)21(2)16(22)8-17)14-5-11(9-23-14)10-3-12(18)6-13(19)4-10/h3-6,9,20H,7-8H2,1-2H3/t17-/m0/s1. The van der Waals surface area contributed by atoms with Crippen molar-refractivity contribution in [1.82, 2.24) is 4.90 Å². The number of piperidine rings is 1. The van der Waals surface area contributed by atoms with Crippen molar-refractivity contribution in [3.63, 3.8) is 0 Å². The largest absolute Gasteiger partial charge is 0.304 e. The number of amidine groups is 1. The molecule has 0 radical (unpaired) electrons. The average Bonchev–Trinajstić information content (AvgIpc) is 2.94. The summed E-state index contributed by atoms with van der Waals surface area (Å²) in [5.41, 5.74) is 0.751. The predicted molar refractivity (Wildman–Crippen MR) is 86.8 cm³/mol. The van der Waals surface area contributed by atoms with Gasteiger partial charge in [0.25, 0.3) is 0 Å². The smallest absolute Gasteiger partial charge is 0.228 e. The van der Waals surface area contributed by atoms with E-state index < -0.39 is 17.0 Å². The zero-order chi connectivity index (χ0) is 16.8. The molecule has 0 saturated carbocycles. The Kier molecular flexibility index (Phi) is 3.80. The van der Waals surface area contributed by atoms with Crippen LogP contribution in [0.2, 0.25) is 0 Å². The lowest BCUT2D eigenvalue weighted by atomic mass is 9.78. The van der Waals surface area contributed by atoms with Crippen LogP contribution in [0.5, 0.6) is 0 Å². The van der Waals surface area contributed by atoms with Gasteiger partial charge in [0.1, 0.15) is 17.5 Å². The van der Waals surface area contributed by atoms with Crippen LogP contribution < -0.4 is 0 Å². The normalized spacial score (nSPS) is 21.8. The Morgan fingerprint density at radius 1 is 1.13 bits per heavy atom. The fourth-order valence-corrected chi connectivity index (χ4v) is 3.93. The number of thiophene rings is 1. The van der Waals surface area contributed by atoms with Crippen molar-refractivity contribution in [2.75, 3.05) is 7.05 Å². The zero-order valence-corrected chi connectivity index (χ0v) is 13.6. The Bertz CT molecular complexity index is 761. The molecule has 1 aromatic heterocycles. The molecule has 6 heteroatoms. The Morgan fingerprint density at radius 2 is 1.78 bits per heavy atom. The molecular formula is C17H16F2N2OS. The Labute approximate surface area is 137 Å². The van der Waals surface area contributed by atoms with Gasteiger partial charge in [0.15, 0.2) is 0 Å². The van der Waals surface area contributed by atoms with Crippen molar-refractivity contribution in [2.24, 2.45) is 0 Å². The van der Waals surface area contributed by atoms with E-state index in [4.69, 9.17) is 5.41 Å². The van der Waals surface area contributed by atoms with E-state index in [2.05, 4.69) is 0 Å². The number of hydrogen-bond donors (Lipinski definition) is 1. The van der Waals surface area contributed by atoms with Gasteiger partial charge in [0, 0.05) is 36.2 Å². The molecule has 3 rings (SSSR count). The van der Waals surface area contributed by atoms with Crippen molar-refractivity contribution >= 4 is 23.1 Å². The third-order valence-electron chi connectivity index (χ3n) is 4.27. The second-order valence-corrected chi connectivity index (χ2v) is 7.08. The van der Waals surface area contributed by atoms with E-state index in [1.165, 1.54) is 28.4 Å². The fraction of sp³-hybridized carbons (Fsp3) is 0.294. The maximum Gasteiger partial charge on any atom is 0.228 e. The van der Waals surface area contributed by atoms with Gasteiger partial charge in [0.2, 0.25) is 5.91 Å². The fourth-order valence-electron chi connectivity index (χ4n) is 2.85. The van der Waals surface area contributed by atoms with Gasteiger partial charge in [-0.05, 0) is 34.7 Å². The van der Waals surface area contributed by atoms with E-state index in [-0.39, 0.29) is 11.7 Å². The number of carbonyl (C=O) groups is 1. The molecule has 1 fully saturated rings. The molecule has 0 bridgehead atoms. The van der Waals surface area contributed by atoms with Gasteiger partial charge >= 0.3 is 0 Å². The van der Waals surface area contributed by atoms with Crippen molar-refractivity contribution in [2.45, 2.75) is 25.2 Å². The lowest BCUT2D eigenvalue weighted by molar-refractivity contribution is -0.128. The van der Waals surface area contributed by atoms with Crippen LogP contribution in [0.4, 0.5) is 8.78 Å². The molecule has 3 nitrogen and oxygen atoms in total. The lowest BCUT2D eigenvalue weighted by Gasteiger charge is -2.36. The average molecular weight is 334 g/mol. The third-order valence-corrected chi connectivity index (χ3v) is 5.50. The van der Waals surface area contributed by atoms with E-state index >= 15 is 0 Å². The van der Waals surface area contributed by atoms with Crippen LogP contribution in [0.25, 0.3) is 11.1 Å². The number of hydrogen-bond acceptors (Lipinski definition) is 3. The highest BCUT2D eigenvalue weighted by molar-refractivity contribution is 7.10. The highest BCUT2D eigenvalue weighted by Gasteiger charge is 2.39. The molecule has 0 spiro atoms. The molecule has 1 aliphatic rings. The highest BCUT2D eigenvalue weighted by atomic mass is 32.1. The third kappa shape index (κ3) is 2.91. The number of rotatable bonds is 2. The first-order valence-corrected chi connectivity index (χ1v) is 8.06. The molecule has 120 valence electrons. The summed E-state index contributed by atoms with van der Waals surface area (Å²) in [6.07, 6.45) is 0.788. The molecule has 1 atom stereocenters. The Hall–Kier alpha value is -2.08. The van der Waals surface area contributed by atoms with Crippen molar-refractivity contribution in [3.8, 4) is 11.1 Å². The predicted octanol–water partition coefficient (Wildman–Crippen LogP) is 4.18. The van der Waals surface area contributed by atoms with E-state index in [1.54, 1.807) is 7.05 Å². The van der Waals surface area contributed by atoms with E-state index in [1.807, 2.05) is 18.4 Å². The molecule has 1 N–H and O–H groups in total. The molecule has 1 aromatic carbocycles. The van der Waals surface area contributed by atoms with Gasteiger partial charge in [-0.15, -0.1) is 11.3 Å². The van der Waals surface area contributed by atoms with Gasteiger partial charge in [-0.25, -0.2) is 8.78 Å². The van der Waals surface area contributed by atoms with E-state index in [9.17, 15) is 13.6 Å². The first kappa shape index (κ1) is 15.8. The maximum absolute atomic E-state index is 13.4. The molecule has 23 heavy (non-hydrogen) atoms. The van der Waals surface area contributed by atoms with Crippen LogP contribution in [0.3, 0.4) is 0 Å². The molecule has 1 aliphatic heterocycles. The molecule has 1 amide bonds. The van der Waals surface area contributed by atoms with Crippen LogP contribution >= 0.6 is 11.3 Å². The van der Waals surface area contributed by atoms with Crippen molar-refractivity contribution < 1.29 is 13.6 Å². The first-order chi connectivity index (χ1) is 10.8. The second-order valence-electron chi connectivity index (χ2n) is 6.17. The molecule has 0 unspecified atom stereocenters. The minimum absolute atomic E-state index is 0.0875. The lowest BCUT2D eigenvalue weighted by Crippen LogP contribution is -2.46. The monoisotopic (exact) mass is 334 g/mol. The summed E-state index contributed by atoms with van der Waals surface area (Å²) in [5.74, 6) is -1.03. The number of nitrogens with one attached hydrogen (secondary N) is 1. The van der Waals surface area contributed by atoms with Gasteiger partial charge < -0.3 is 4.90 Å². The summed E-state index contributed by atoms with van der Waals surface area (Å²) < 4.78 is 26.8. The van der Waals surface area contributed by atoms with E-state index in [0.717, 1.165) is 16.5 Å². The molecule has 1 saturated heterocycles. The minimum Gasteiger partial charge on any atom is -0.304 e. The van der Waals surface area contributed by atoms with Crippen LogP contribution in [0.1, 0.15) is 24.6 Å². The SMILES string of the molecule is CN1C(=N)C[C@](C)(c2cc(-c3cc(F)cc(F)c3)cs2)CC1=O. The van der Waals surface area contributed by atoms with Gasteiger partial charge in [-0.3, -0.25) is 10.2 Å². The number of carbonyl (C=O) groups excluding carboxylic acids is 1. The quantitative estimate of drug-likeness (QED) is 0.880. The van der Waals surface area contributed by atoms with Crippen molar-refractivity contribution in [3.05, 3.63) is 46.2 Å². The molecular weight excluding hydrogens is 318 g/mol. The number of halogens is 2. The summed E-state index contributed by atoms with van der Waals surface area (Å²) in [6.45, 7) is 1.95. The van der Waals surface area contributed by atoms with Crippen LogP contribution in [0.15, 0.2) is 29.6 Å². The second kappa shape index (κ2) is 5.53. The van der Waals surface area contributed by atoms with E-state index in [0.29, 0.717) is 18.4 Å². The number of likely N-dealkylation sites (tertiary alicyclic amines) is 1. The van der Waals surface area contributed by atoms with Crippen molar-refractivity contribution in [1.29, 1.82) is 5.41 Å². The van der Waals surface area contributed by atoms with Gasteiger partial charge in [0.05, 0.1) is 0 Å². The van der Waals surface area contributed by atoms with Crippen LogP contribution in [0, 0.1) is 17.0 Å². The Balaban J connectivity index is 1.95. The summed E-state index contributed by atoms with van der Waals surface area (Å²) in [5, 5.41) is 9.80. The number of amides is 1. The van der Waals surface area contributed by atoms with Crippen LogP contribution in [-0.4, -0.2) is 23.7 Å². The molecule has 2 aromatic rings. The number of benzene rings is 1. The zero-order valence-electron chi connectivity index (χ0n) is 12.8. The van der Waals surface area contributed by atoms with Gasteiger partial charge in [-0.2, -0.15) is 0 Å². The summed E-state index contributed by atoms with van der Waals surface area (Å²) >= 11 is 1.45. The molecule has 2 heterocycles. The minimum atomic E-state index is -0.616. The topological polar surface area (TPSA) is 44.2 Å².